The Bertz CT molecular complexity index is 735. The summed E-state index contributed by atoms with van der Waals surface area (Å²) in [5.41, 5.74) is 2.23. The predicted octanol–water partition coefficient (Wildman–Crippen LogP) is 2.64. The maximum absolute atomic E-state index is 12.2. The van der Waals surface area contributed by atoms with Crippen molar-refractivity contribution in [3.8, 4) is 22.9 Å². The van der Waals surface area contributed by atoms with Gasteiger partial charge in [-0.05, 0) is 31.0 Å². The van der Waals surface area contributed by atoms with E-state index >= 15 is 0 Å². The number of hydrogen-bond acceptors (Lipinski definition) is 4. The van der Waals surface area contributed by atoms with Crippen molar-refractivity contribution in [3.05, 3.63) is 39.8 Å². The Morgan fingerprint density at radius 2 is 1.90 bits per heavy atom. The first kappa shape index (κ1) is 13.7. The van der Waals surface area contributed by atoms with Crippen LogP contribution in [0.15, 0.2) is 23.0 Å². The van der Waals surface area contributed by atoms with E-state index in [-0.39, 0.29) is 11.5 Å². The first-order chi connectivity index (χ1) is 10.1. The number of aromatic nitrogens is 2. The van der Waals surface area contributed by atoms with E-state index in [4.69, 9.17) is 9.47 Å². The summed E-state index contributed by atoms with van der Waals surface area (Å²) in [4.78, 5) is 19.6. The fourth-order valence-corrected chi connectivity index (χ4v) is 2.60. The highest BCUT2D eigenvalue weighted by Crippen LogP contribution is 2.33. The molecule has 1 aliphatic heterocycles. The molecule has 0 unspecified atom stereocenters. The topological polar surface area (TPSA) is 64.2 Å². The van der Waals surface area contributed by atoms with Gasteiger partial charge in [-0.1, -0.05) is 13.8 Å². The molecule has 21 heavy (non-hydrogen) atoms. The number of H-pyrrole nitrogens is 1. The highest BCUT2D eigenvalue weighted by molar-refractivity contribution is 5.61. The van der Waals surface area contributed by atoms with Gasteiger partial charge in [0.15, 0.2) is 11.5 Å². The summed E-state index contributed by atoms with van der Waals surface area (Å²) in [6.45, 7) is 6.94. The molecular formula is C16H18N2O3. The van der Waals surface area contributed by atoms with Crippen LogP contribution in [0.3, 0.4) is 0 Å². The van der Waals surface area contributed by atoms with Gasteiger partial charge in [0.05, 0.1) is 0 Å². The van der Waals surface area contributed by atoms with Gasteiger partial charge >= 0.3 is 0 Å². The number of rotatable bonds is 2. The van der Waals surface area contributed by atoms with Gasteiger partial charge in [-0.3, -0.25) is 4.79 Å². The maximum Gasteiger partial charge on any atom is 0.254 e. The zero-order valence-corrected chi connectivity index (χ0v) is 12.4. The van der Waals surface area contributed by atoms with Gasteiger partial charge in [0.2, 0.25) is 0 Å². The predicted molar refractivity (Wildman–Crippen MR) is 80.1 cm³/mol. The number of aromatic amines is 1. The van der Waals surface area contributed by atoms with Crippen molar-refractivity contribution in [1.82, 2.24) is 9.97 Å². The standard InChI is InChI=1S/C16H18N2O3/c1-9(2)14-10(3)17-15(18-16(14)19)11-4-5-12-13(8-11)21-7-6-20-12/h4-5,8-9H,6-7H2,1-3H3,(H,17,18,19). The molecule has 0 atom stereocenters. The van der Waals surface area contributed by atoms with Gasteiger partial charge < -0.3 is 14.5 Å². The summed E-state index contributed by atoms with van der Waals surface area (Å²) in [7, 11) is 0. The fraction of sp³-hybridized carbons (Fsp3) is 0.375. The number of nitrogens with zero attached hydrogens (tertiary/aromatic N) is 1. The Morgan fingerprint density at radius 1 is 1.19 bits per heavy atom. The quantitative estimate of drug-likeness (QED) is 0.921. The Labute approximate surface area is 123 Å². The third-order valence-corrected chi connectivity index (χ3v) is 3.54. The Hall–Kier alpha value is -2.30. The number of ether oxygens (including phenoxy) is 2. The van der Waals surface area contributed by atoms with Crippen LogP contribution in [-0.4, -0.2) is 23.2 Å². The SMILES string of the molecule is Cc1nc(-c2ccc3c(c2)OCCO3)[nH]c(=O)c1C(C)C. The molecule has 3 rings (SSSR count). The van der Waals surface area contributed by atoms with Gasteiger partial charge in [-0.2, -0.15) is 0 Å². The number of fused-ring (bicyclic) bond motifs is 1. The molecule has 1 aromatic carbocycles. The number of benzene rings is 1. The van der Waals surface area contributed by atoms with Crippen LogP contribution in [0.2, 0.25) is 0 Å². The number of hydrogen-bond donors (Lipinski definition) is 1. The molecule has 0 spiro atoms. The average molecular weight is 286 g/mol. The van der Waals surface area contributed by atoms with E-state index in [9.17, 15) is 4.79 Å². The van der Waals surface area contributed by atoms with Crippen molar-refractivity contribution in [2.24, 2.45) is 0 Å². The highest BCUT2D eigenvalue weighted by atomic mass is 16.6. The molecule has 5 nitrogen and oxygen atoms in total. The first-order valence-electron chi connectivity index (χ1n) is 7.07. The van der Waals surface area contributed by atoms with E-state index in [1.165, 1.54) is 0 Å². The van der Waals surface area contributed by atoms with E-state index in [1.54, 1.807) is 0 Å². The molecule has 0 aliphatic carbocycles. The lowest BCUT2D eigenvalue weighted by Gasteiger charge is -2.19. The molecule has 5 heteroatoms. The normalized spacial score (nSPS) is 13.5. The molecule has 2 heterocycles. The molecule has 0 saturated carbocycles. The summed E-state index contributed by atoms with van der Waals surface area (Å²) in [6.07, 6.45) is 0. The zero-order chi connectivity index (χ0) is 15.0. The van der Waals surface area contributed by atoms with E-state index in [2.05, 4.69) is 9.97 Å². The fourth-order valence-electron chi connectivity index (χ4n) is 2.60. The van der Waals surface area contributed by atoms with E-state index in [1.807, 2.05) is 39.0 Å². The molecule has 1 aromatic heterocycles. The number of aryl methyl sites for hydroxylation is 1. The van der Waals surface area contributed by atoms with Gasteiger partial charge in [0, 0.05) is 16.8 Å². The van der Waals surface area contributed by atoms with Crippen LogP contribution in [-0.2, 0) is 0 Å². The van der Waals surface area contributed by atoms with Gasteiger partial charge in [-0.25, -0.2) is 4.98 Å². The monoisotopic (exact) mass is 286 g/mol. The van der Waals surface area contributed by atoms with Crippen LogP contribution >= 0.6 is 0 Å². The smallest absolute Gasteiger partial charge is 0.254 e. The zero-order valence-electron chi connectivity index (χ0n) is 12.4. The molecule has 2 aromatic rings. The third-order valence-electron chi connectivity index (χ3n) is 3.54. The van der Waals surface area contributed by atoms with Crippen molar-refractivity contribution >= 4 is 0 Å². The van der Waals surface area contributed by atoms with Crippen molar-refractivity contribution in [1.29, 1.82) is 0 Å². The summed E-state index contributed by atoms with van der Waals surface area (Å²) in [6, 6.07) is 5.57. The minimum Gasteiger partial charge on any atom is -0.486 e. The lowest BCUT2D eigenvalue weighted by atomic mass is 10.0. The second kappa shape index (κ2) is 5.24. The van der Waals surface area contributed by atoms with Gasteiger partial charge in [0.25, 0.3) is 5.56 Å². The van der Waals surface area contributed by atoms with Crippen molar-refractivity contribution in [2.75, 3.05) is 13.2 Å². The van der Waals surface area contributed by atoms with Crippen LogP contribution < -0.4 is 15.0 Å². The Kier molecular flexibility index (Phi) is 3.41. The van der Waals surface area contributed by atoms with Crippen molar-refractivity contribution < 1.29 is 9.47 Å². The second-order valence-corrected chi connectivity index (χ2v) is 5.43. The number of nitrogens with one attached hydrogen (secondary N) is 1. The van der Waals surface area contributed by atoms with Crippen LogP contribution in [0, 0.1) is 6.92 Å². The molecule has 1 aliphatic rings. The molecule has 110 valence electrons. The molecule has 0 radical (unpaired) electrons. The Morgan fingerprint density at radius 3 is 2.57 bits per heavy atom. The van der Waals surface area contributed by atoms with Crippen LogP contribution in [0.1, 0.15) is 31.0 Å². The highest BCUT2D eigenvalue weighted by Gasteiger charge is 2.16. The van der Waals surface area contributed by atoms with E-state index < -0.39 is 0 Å². The third kappa shape index (κ3) is 2.51. The lowest BCUT2D eigenvalue weighted by molar-refractivity contribution is 0.171. The summed E-state index contributed by atoms with van der Waals surface area (Å²) in [5.74, 6) is 2.12. The van der Waals surface area contributed by atoms with Crippen molar-refractivity contribution in [2.45, 2.75) is 26.7 Å². The molecule has 0 fully saturated rings. The summed E-state index contributed by atoms with van der Waals surface area (Å²) >= 11 is 0. The minimum atomic E-state index is -0.0811. The Balaban J connectivity index is 2.07. The van der Waals surface area contributed by atoms with E-state index in [0.717, 1.165) is 22.6 Å². The van der Waals surface area contributed by atoms with E-state index in [0.29, 0.717) is 24.8 Å². The lowest BCUT2D eigenvalue weighted by Crippen LogP contribution is -2.19. The van der Waals surface area contributed by atoms with Gasteiger partial charge in [-0.15, -0.1) is 0 Å². The van der Waals surface area contributed by atoms with Crippen LogP contribution in [0.25, 0.3) is 11.4 Å². The molecule has 0 amide bonds. The first-order valence-corrected chi connectivity index (χ1v) is 7.07. The van der Waals surface area contributed by atoms with Gasteiger partial charge in [0.1, 0.15) is 19.0 Å². The largest absolute Gasteiger partial charge is 0.486 e. The summed E-state index contributed by atoms with van der Waals surface area (Å²) in [5, 5.41) is 0. The minimum absolute atomic E-state index is 0.0811. The van der Waals surface area contributed by atoms with Crippen LogP contribution in [0.4, 0.5) is 0 Å². The molecule has 1 N–H and O–H groups in total. The van der Waals surface area contributed by atoms with Crippen LogP contribution in [0.5, 0.6) is 11.5 Å². The molecule has 0 saturated heterocycles. The molecular weight excluding hydrogens is 268 g/mol. The van der Waals surface area contributed by atoms with Crippen molar-refractivity contribution in [3.63, 3.8) is 0 Å². The average Bonchev–Trinajstić information content (AvgIpc) is 2.45. The molecule has 0 bridgehead atoms. The second-order valence-electron chi connectivity index (χ2n) is 5.43. The summed E-state index contributed by atoms with van der Waals surface area (Å²) < 4.78 is 11.1. The maximum atomic E-state index is 12.2.